The maximum atomic E-state index is 14.5. The first-order valence-electron chi connectivity index (χ1n) is 16.4. The minimum atomic E-state index is -1.03. The van der Waals surface area contributed by atoms with Gasteiger partial charge in [0.15, 0.2) is 0 Å². The number of nitrogens with zero attached hydrogens (tertiary/aromatic N) is 5. The monoisotopic (exact) mass is 618 g/mol. The maximum absolute atomic E-state index is 14.5. The van der Waals surface area contributed by atoms with E-state index in [1.54, 1.807) is 6.20 Å². The number of likely N-dealkylation sites (tertiary alicyclic amines) is 2. The zero-order valence-electron chi connectivity index (χ0n) is 26.2. The van der Waals surface area contributed by atoms with Gasteiger partial charge in [0.05, 0.1) is 5.92 Å². The number of urea groups is 1. The third kappa shape index (κ3) is 6.86. The number of piperazine rings is 1. The van der Waals surface area contributed by atoms with Crippen LogP contribution in [0.3, 0.4) is 0 Å². The molecule has 1 aromatic heterocycles. The van der Waals surface area contributed by atoms with Crippen LogP contribution < -0.4 is 16.4 Å². The zero-order valence-corrected chi connectivity index (χ0v) is 26.2. The fourth-order valence-electron chi connectivity index (χ4n) is 7.75. The molecule has 12 heteroatoms. The van der Waals surface area contributed by atoms with E-state index in [-0.39, 0.29) is 24.5 Å². The number of nitrogens with one attached hydrogen (secondary N) is 2. The lowest BCUT2D eigenvalue weighted by Gasteiger charge is -2.46. The first-order valence-corrected chi connectivity index (χ1v) is 16.4. The van der Waals surface area contributed by atoms with Crippen LogP contribution in [0.5, 0.6) is 0 Å². The second-order valence-corrected chi connectivity index (χ2v) is 13.0. The molecular formula is C33H46N8O4. The van der Waals surface area contributed by atoms with Gasteiger partial charge in [-0.2, -0.15) is 0 Å². The predicted molar refractivity (Wildman–Crippen MR) is 172 cm³/mol. The fourth-order valence-corrected chi connectivity index (χ4v) is 7.75. The number of nitrogens with two attached hydrogens (primary N) is 1. The lowest BCUT2D eigenvalue weighted by molar-refractivity contribution is -0.140. The van der Waals surface area contributed by atoms with Gasteiger partial charge in [-0.1, -0.05) is 24.3 Å². The molecule has 5 heterocycles. The van der Waals surface area contributed by atoms with E-state index in [2.05, 4.69) is 20.5 Å². The number of para-hydroxylation sites is 1. The Kier molecular flexibility index (Phi) is 9.41. The Morgan fingerprint density at radius 1 is 1.04 bits per heavy atom. The number of amides is 4. The molecule has 2 aromatic rings. The number of aromatic nitrogens is 1. The van der Waals surface area contributed by atoms with Crippen LogP contribution in [0.25, 0.3) is 0 Å². The van der Waals surface area contributed by atoms with Gasteiger partial charge in [0.2, 0.25) is 5.91 Å². The second-order valence-electron chi connectivity index (χ2n) is 13.0. The highest BCUT2D eigenvalue weighted by Gasteiger charge is 2.44. The molecule has 4 aliphatic rings. The maximum Gasteiger partial charge on any atom is 0.407 e. The van der Waals surface area contributed by atoms with E-state index in [4.69, 9.17) is 5.73 Å². The predicted octanol–water partition coefficient (Wildman–Crippen LogP) is 2.63. The number of anilines is 2. The molecule has 242 valence electrons. The van der Waals surface area contributed by atoms with Gasteiger partial charge in [0.25, 0.3) is 0 Å². The first kappa shape index (κ1) is 31.1. The molecule has 2 unspecified atom stereocenters. The standard InChI is InChI=1S/C33H46N8O4/c1-22-18-23(21-36-30(22)34)19-27(31(42)39-12-7-25(8-13-39)38-16-10-35-11-17-38)29-20-26(9-15-41(29)33(44)45)40-14-6-24-4-2-3-5-28(24)37-32(40)43/h2-5,18,21,25-27,29,35H,6-17,19-20H2,1H3,(H2,34,36)(H,37,43)(H,44,45)/t26?,27?,29-/m1/s1. The summed E-state index contributed by atoms with van der Waals surface area (Å²) < 4.78 is 0. The molecule has 5 N–H and O–H groups in total. The third-order valence-corrected chi connectivity index (χ3v) is 10.3. The van der Waals surface area contributed by atoms with Gasteiger partial charge < -0.3 is 36.2 Å². The largest absolute Gasteiger partial charge is 0.465 e. The van der Waals surface area contributed by atoms with Gasteiger partial charge in [-0.25, -0.2) is 14.6 Å². The topological polar surface area (TPSA) is 147 Å². The number of hydrogen-bond donors (Lipinski definition) is 4. The number of pyridine rings is 1. The Morgan fingerprint density at radius 3 is 2.51 bits per heavy atom. The van der Waals surface area contributed by atoms with Crippen LogP contribution in [0.1, 0.15) is 42.4 Å². The highest BCUT2D eigenvalue weighted by Crippen LogP contribution is 2.33. The van der Waals surface area contributed by atoms with Crippen LogP contribution in [0.15, 0.2) is 36.5 Å². The molecule has 45 heavy (non-hydrogen) atoms. The molecular weight excluding hydrogens is 572 g/mol. The lowest BCUT2D eigenvalue weighted by atomic mass is 9.82. The van der Waals surface area contributed by atoms with Crippen LogP contribution in [0.4, 0.5) is 21.1 Å². The Labute approximate surface area is 264 Å². The van der Waals surface area contributed by atoms with Crippen LogP contribution in [0, 0.1) is 12.8 Å². The molecule has 4 amide bonds. The average molecular weight is 619 g/mol. The van der Waals surface area contributed by atoms with Crippen molar-refractivity contribution in [2.24, 2.45) is 5.92 Å². The first-order chi connectivity index (χ1) is 21.8. The van der Waals surface area contributed by atoms with Crippen molar-refractivity contribution in [3.05, 3.63) is 53.2 Å². The Bertz CT molecular complexity index is 1390. The van der Waals surface area contributed by atoms with Gasteiger partial charge in [-0.05, 0) is 68.2 Å². The zero-order chi connectivity index (χ0) is 31.5. The van der Waals surface area contributed by atoms with Crippen LogP contribution in [-0.2, 0) is 17.6 Å². The van der Waals surface area contributed by atoms with Gasteiger partial charge >= 0.3 is 12.1 Å². The molecule has 4 aliphatic heterocycles. The molecule has 3 saturated heterocycles. The smallest absolute Gasteiger partial charge is 0.407 e. The van der Waals surface area contributed by atoms with Crippen LogP contribution >= 0.6 is 0 Å². The summed E-state index contributed by atoms with van der Waals surface area (Å²) in [4.78, 5) is 52.7. The number of aryl methyl sites for hydroxylation is 1. The van der Waals surface area contributed by atoms with E-state index < -0.39 is 18.1 Å². The van der Waals surface area contributed by atoms with E-state index in [1.165, 1.54) is 4.90 Å². The van der Waals surface area contributed by atoms with E-state index >= 15 is 0 Å². The van der Waals surface area contributed by atoms with Gasteiger partial charge in [-0.15, -0.1) is 0 Å². The Morgan fingerprint density at radius 2 is 1.78 bits per heavy atom. The highest BCUT2D eigenvalue weighted by atomic mass is 16.4. The quantitative estimate of drug-likeness (QED) is 0.387. The molecule has 6 rings (SSSR count). The average Bonchev–Trinajstić information content (AvgIpc) is 3.23. The molecule has 3 fully saturated rings. The highest BCUT2D eigenvalue weighted by molar-refractivity contribution is 5.91. The van der Waals surface area contributed by atoms with Crippen molar-refractivity contribution in [1.29, 1.82) is 0 Å². The number of nitrogen functional groups attached to an aromatic ring is 1. The lowest BCUT2D eigenvalue weighted by Crippen LogP contribution is -2.59. The number of benzene rings is 1. The van der Waals surface area contributed by atoms with Gasteiger partial charge in [0.1, 0.15) is 5.82 Å². The number of carbonyl (C=O) groups is 3. The molecule has 1 aromatic carbocycles. The fraction of sp³-hybridized carbons (Fsp3) is 0.576. The summed E-state index contributed by atoms with van der Waals surface area (Å²) in [5.41, 5.74) is 9.58. The molecule has 0 aliphatic carbocycles. The summed E-state index contributed by atoms with van der Waals surface area (Å²) in [6.07, 6.45) is 4.45. The third-order valence-electron chi connectivity index (χ3n) is 10.3. The van der Waals surface area contributed by atoms with E-state index in [0.29, 0.717) is 57.2 Å². The summed E-state index contributed by atoms with van der Waals surface area (Å²) in [6, 6.07) is 9.26. The number of fused-ring (bicyclic) bond motifs is 1. The van der Waals surface area contributed by atoms with E-state index in [0.717, 1.165) is 61.4 Å². The van der Waals surface area contributed by atoms with Gasteiger partial charge in [0, 0.05) is 82.4 Å². The van der Waals surface area contributed by atoms with E-state index in [9.17, 15) is 19.5 Å². The summed E-state index contributed by atoms with van der Waals surface area (Å²) in [6.45, 7) is 8.02. The number of carboxylic acid groups (broad SMARTS) is 1. The summed E-state index contributed by atoms with van der Waals surface area (Å²) in [5.74, 6) is -0.195. The van der Waals surface area contributed by atoms with Crippen molar-refractivity contribution in [2.45, 2.75) is 63.6 Å². The molecule has 0 bridgehead atoms. The van der Waals surface area contributed by atoms with Crippen LogP contribution in [-0.4, -0.2) is 118 Å². The SMILES string of the molecule is Cc1cc(CC(C(=O)N2CCC(N3CCNCC3)CC2)[C@H]2CC(N3CCc4ccccc4NC3=O)CCN2C(=O)O)cnc1N. The minimum Gasteiger partial charge on any atom is -0.465 e. The van der Waals surface area contributed by atoms with Crippen molar-refractivity contribution >= 4 is 29.5 Å². The molecule has 0 saturated carbocycles. The summed E-state index contributed by atoms with van der Waals surface area (Å²) >= 11 is 0. The van der Waals surface area contributed by atoms with Crippen molar-refractivity contribution in [3.8, 4) is 0 Å². The summed E-state index contributed by atoms with van der Waals surface area (Å²) in [7, 11) is 0. The van der Waals surface area contributed by atoms with Crippen molar-refractivity contribution in [1.82, 2.24) is 29.9 Å². The van der Waals surface area contributed by atoms with Crippen molar-refractivity contribution < 1.29 is 19.5 Å². The number of hydrogen-bond acceptors (Lipinski definition) is 7. The number of rotatable bonds is 6. The molecule has 12 nitrogen and oxygen atoms in total. The van der Waals surface area contributed by atoms with Crippen molar-refractivity contribution in [3.63, 3.8) is 0 Å². The van der Waals surface area contributed by atoms with E-state index in [1.807, 2.05) is 47.1 Å². The van der Waals surface area contributed by atoms with Crippen LogP contribution in [0.2, 0.25) is 0 Å². The molecule has 0 spiro atoms. The minimum absolute atomic E-state index is 0.0205. The van der Waals surface area contributed by atoms with Gasteiger partial charge in [-0.3, -0.25) is 9.69 Å². The number of piperidine rings is 2. The summed E-state index contributed by atoms with van der Waals surface area (Å²) in [5, 5.41) is 16.8. The normalized spacial score (nSPS) is 24.0. The number of carbonyl (C=O) groups excluding carboxylic acids is 2. The Balaban J connectivity index is 1.24. The second kappa shape index (κ2) is 13.6. The Hall–Kier alpha value is -3.90. The van der Waals surface area contributed by atoms with Crippen molar-refractivity contribution in [2.75, 3.05) is 63.4 Å². The molecule has 0 radical (unpaired) electrons. The molecule has 3 atom stereocenters.